The van der Waals surface area contributed by atoms with Gasteiger partial charge in [0.15, 0.2) is 0 Å². The fourth-order valence-corrected chi connectivity index (χ4v) is 4.07. The lowest BCUT2D eigenvalue weighted by Crippen LogP contribution is -2.43. The number of rotatable bonds is 6. The molecule has 0 amide bonds. The van der Waals surface area contributed by atoms with Crippen LogP contribution in [-0.4, -0.2) is 57.2 Å². The van der Waals surface area contributed by atoms with Gasteiger partial charge in [-0.3, -0.25) is 9.69 Å². The maximum absolute atomic E-state index is 12.5. The Labute approximate surface area is 147 Å². The molecule has 0 aliphatic carbocycles. The summed E-state index contributed by atoms with van der Waals surface area (Å²) in [4.78, 5) is 16.5. The summed E-state index contributed by atoms with van der Waals surface area (Å²) >= 11 is 0. The number of nitrogens with zero attached hydrogens (tertiary/aromatic N) is 1. The van der Waals surface area contributed by atoms with Crippen LogP contribution in [0.25, 0.3) is 10.9 Å². The fraction of sp³-hybridized carbons (Fsp3) is 0.471. The SMILES string of the molecule is CC(CCNS(=O)(=O)c1ccc2[nH]c(=O)ccc2c1)N1CCOCC1. The Morgan fingerprint density at radius 3 is 2.76 bits per heavy atom. The van der Waals surface area contributed by atoms with Gasteiger partial charge in [-0.25, -0.2) is 13.1 Å². The van der Waals surface area contributed by atoms with Crippen molar-refractivity contribution in [2.45, 2.75) is 24.3 Å². The maximum Gasteiger partial charge on any atom is 0.248 e. The molecule has 8 heteroatoms. The van der Waals surface area contributed by atoms with Gasteiger partial charge in [-0.1, -0.05) is 0 Å². The Bertz CT molecular complexity index is 888. The van der Waals surface area contributed by atoms with E-state index < -0.39 is 10.0 Å². The van der Waals surface area contributed by atoms with Crippen molar-refractivity contribution in [2.75, 3.05) is 32.8 Å². The number of sulfonamides is 1. The zero-order valence-electron chi connectivity index (χ0n) is 14.2. The molecule has 136 valence electrons. The second-order valence-electron chi connectivity index (χ2n) is 6.26. The van der Waals surface area contributed by atoms with E-state index in [1.165, 1.54) is 12.1 Å². The number of aromatic nitrogens is 1. The molecule has 0 radical (unpaired) electrons. The van der Waals surface area contributed by atoms with Crippen molar-refractivity contribution < 1.29 is 13.2 Å². The summed E-state index contributed by atoms with van der Waals surface area (Å²) in [5.74, 6) is 0. The molecule has 1 aliphatic heterocycles. The molecular formula is C17H23N3O4S. The zero-order valence-corrected chi connectivity index (χ0v) is 15.0. The first-order chi connectivity index (χ1) is 12.0. The summed E-state index contributed by atoms with van der Waals surface area (Å²) in [7, 11) is -3.57. The van der Waals surface area contributed by atoms with Crippen molar-refractivity contribution in [3.63, 3.8) is 0 Å². The average Bonchev–Trinajstić information content (AvgIpc) is 2.61. The van der Waals surface area contributed by atoms with Crippen molar-refractivity contribution in [3.05, 3.63) is 40.7 Å². The van der Waals surface area contributed by atoms with E-state index in [1.807, 2.05) is 0 Å². The van der Waals surface area contributed by atoms with Gasteiger partial charge in [0.1, 0.15) is 0 Å². The molecule has 1 fully saturated rings. The summed E-state index contributed by atoms with van der Waals surface area (Å²) in [5.41, 5.74) is 0.408. The summed E-state index contributed by atoms with van der Waals surface area (Å²) in [5, 5.41) is 0.684. The maximum atomic E-state index is 12.5. The van der Waals surface area contributed by atoms with Gasteiger partial charge in [0.2, 0.25) is 15.6 Å². The summed E-state index contributed by atoms with van der Waals surface area (Å²) in [6.45, 7) is 5.72. The lowest BCUT2D eigenvalue weighted by Gasteiger charge is -2.32. The van der Waals surface area contributed by atoms with Crippen LogP contribution in [0.15, 0.2) is 40.0 Å². The van der Waals surface area contributed by atoms with E-state index in [0.29, 0.717) is 23.5 Å². The number of hydrogen-bond donors (Lipinski definition) is 2. The Hall–Kier alpha value is -1.74. The van der Waals surface area contributed by atoms with Crippen LogP contribution in [0, 0.1) is 0 Å². The number of fused-ring (bicyclic) bond motifs is 1. The summed E-state index contributed by atoms with van der Waals surface area (Å²) in [6, 6.07) is 7.99. The van der Waals surface area contributed by atoms with Crippen LogP contribution in [0.2, 0.25) is 0 Å². The Balaban J connectivity index is 1.63. The summed E-state index contributed by atoms with van der Waals surface area (Å²) < 4.78 is 33.0. The van der Waals surface area contributed by atoms with Gasteiger partial charge in [0, 0.05) is 37.3 Å². The van der Waals surface area contributed by atoms with Gasteiger partial charge in [0.05, 0.1) is 18.1 Å². The molecule has 1 aromatic carbocycles. The van der Waals surface area contributed by atoms with Gasteiger partial charge in [-0.2, -0.15) is 0 Å². The van der Waals surface area contributed by atoms with Crippen LogP contribution in [0.5, 0.6) is 0 Å². The van der Waals surface area contributed by atoms with E-state index >= 15 is 0 Å². The molecule has 1 aliphatic rings. The molecule has 3 rings (SSSR count). The molecule has 2 N–H and O–H groups in total. The van der Waals surface area contributed by atoms with Crippen molar-refractivity contribution in [1.29, 1.82) is 0 Å². The van der Waals surface area contributed by atoms with E-state index in [1.54, 1.807) is 18.2 Å². The normalized spacial score (nSPS) is 17.6. The highest BCUT2D eigenvalue weighted by atomic mass is 32.2. The number of pyridine rings is 1. The van der Waals surface area contributed by atoms with E-state index in [0.717, 1.165) is 32.7 Å². The van der Waals surface area contributed by atoms with Gasteiger partial charge in [-0.05, 0) is 43.0 Å². The Morgan fingerprint density at radius 1 is 1.24 bits per heavy atom. The fourth-order valence-electron chi connectivity index (χ4n) is 2.99. The first-order valence-corrected chi connectivity index (χ1v) is 9.88. The third-order valence-electron chi connectivity index (χ3n) is 4.53. The second-order valence-corrected chi connectivity index (χ2v) is 8.02. The molecular weight excluding hydrogens is 342 g/mol. The lowest BCUT2D eigenvalue weighted by atomic mass is 10.2. The standard InChI is InChI=1S/C17H23N3O4S/c1-13(20-8-10-24-11-9-20)6-7-18-25(22,23)15-3-4-16-14(12-15)2-5-17(21)19-16/h2-5,12-13,18H,6-11H2,1H3,(H,19,21). The minimum absolute atomic E-state index is 0.200. The number of nitrogens with one attached hydrogen (secondary N) is 2. The number of ether oxygens (including phenoxy) is 1. The van der Waals surface area contributed by atoms with Crippen LogP contribution in [0.3, 0.4) is 0 Å². The highest BCUT2D eigenvalue weighted by Gasteiger charge is 2.19. The first-order valence-electron chi connectivity index (χ1n) is 8.40. The number of H-pyrrole nitrogens is 1. The minimum atomic E-state index is -3.57. The molecule has 1 aromatic heterocycles. The van der Waals surface area contributed by atoms with E-state index in [-0.39, 0.29) is 10.5 Å². The number of morpholine rings is 1. The monoisotopic (exact) mass is 365 g/mol. The third kappa shape index (κ3) is 4.46. The van der Waals surface area contributed by atoms with E-state index in [4.69, 9.17) is 4.74 Å². The van der Waals surface area contributed by atoms with Gasteiger partial charge >= 0.3 is 0 Å². The van der Waals surface area contributed by atoms with Crippen molar-refractivity contribution in [1.82, 2.24) is 14.6 Å². The Morgan fingerprint density at radius 2 is 2.00 bits per heavy atom. The van der Waals surface area contributed by atoms with E-state index in [9.17, 15) is 13.2 Å². The predicted octanol–water partition coefficient (Wildman–Crippen LogP) is 0.917. The molecule has 1 saturated heterocycles. The van der Waals surface area contributed by atoms with Crippen molar-refractivity contribution in [2.24, 2.45) is 0 Å². The quantitative estimate of drug-likeness (QED) is 0.794. The number of aromatic amines is 1. The van der Waals surface area contributed by atoms with Crippen LogP contribution in [0.1, 0.15) is 13.3 Å². The average molecular weight is 365 g/mol. The molecule has 2 aromatic rings. The van der Waals surface area contributed by atoms with Gasteiger partial charge < -0.3 is 9.72 Å². The van der Waals surface area contributed by atoms with Crippen LogP contribution >= 0.6 is 0 Å². The second kappa shape index (κ2) is 7.65. The molecule has 0 bridgehead atoms. The van der Waals surface area contributed by atoms with Gasteiger partial charge in [0.25, 0.3) is 0 Å². The predicted molar refractivity (Wildman–Crippen MR) is 96.2 cm³/mol. The van der Waals surface area contributed by atoms with Crippen LogP contribution in [0.4, 0.5) is 0 Å². The van der Waals surface area contributed by atoms with Crippen molar-refractivity contribution >= 4 is 20.9 Å². The molecule has 7 nitrogen and oxygen atoms in total. The van der Waals surface area contributed by atoms with Gasteiger partial charge in [-0.15, -0.1) is 0 Å². The number of hydrogen-bond acceptors (Lipinski definition) is 5. The lowest BCUT2D eigenvalue weighted by molar-refractivity contribution is 0.0190. The largest absolute Gasteiger partial charge is 0.379 e. The van der Waals surface area contributed by atoms with E-state index in [2.05, 4.69) is 21.5 Å². The first kappa shape index (κ1) is 18.1. The molecule has 0 saturated carbocycles. The molecule has 1 atom stereocenters. The molecule has 1 unspecified atom stereocenters. The van der Waals surface area contributed by atoms with Crippen LogP contribution in [-0.2, 0) is 14.8 Å². The smallest absolute Gasteiger partial charge is 0.248 e. The molecule has 2 heterocycles. The topological polar surface area (TPSA) is 91.5 Å². The minimum Gasteiger partial charge on any atom is -0.379 e. The molecule has 0 spiro atoms. The number of benzene rings is 1. The summed E-state index contributed by atoms with van der Waals surface area (Å²) in [6.07, 6.45) is 0.736. The molecule has 25 heavy (non-hydrogen) atoms. The highest BCUT2D eigenvalue weighted by molar-refractivity contribution is 7.89. The highest BCUT2D eigenvalue weighted by Crippen LogP contribution is 2.16. The van der Waals surface area contributed by atoms with Crippen LogP contribution < -0.4 is 10.3 Å². The van der Waals surface area contributed by atoms with Crippen molar-refractivity contribution in [3.8, 4) is 0 Å². The Kier molecular flexibility index (Phi) is 5.53. The zero-order chi connectivity index (χ0) is 17.9. The third-order valence-corrected chi connectivity index (χ3v) is 5.99.